The Morgan fingerprint density at radius 1 is 0.800 bits per heavy atom. The van der Waals surface area contributed by atoms with Crippen molar-refractivity contribution in [1.82, 2.24) is 14.9 Å². The standard InChI is InChI=1S/C25H26N4S/c1-18-19(2)30-25-22(18)24(26-17-27-25)29-15-13-28(14-16-29)23(20-9-5-3-6-10-20)21-11-7-4-8-12-21/h3-12,17,23H,13-16H2,1-2H3. The number of hydrogen-bond acceptors (Lipinski definition) is 5. The largest absolute Gasteiger partial charge is 0.353 e. The van der Waals surface area contributed by atoms with E-state index in [2.05, 4.69) is 89.3 Å². The summed E-state index contributed by atoms with van der Waals surface area (Å²) in [5.74, 6) is 1.09. The van der Waals surface area contributed by atoms with E-state index in [1.807, 2.05) is 0 Å². The van der Waals surface area contributed by atoms with Gasteiger partial charge in [0.15, 0.2) is 0 Å². The lowest BCUT2D eigenvalue weighted by Crippen LogP contribution is -2.48. The van der Waals surface area contributed by atoms with Crippen LogP contribution in [0.1, 0.15) is 27.6 Å². The average molecular weight is 415 g/mol. The average Bonchev–Trinajstić information content (AvgIpc) is 3.10. The van der Waals surface area contributed by atoms with Gasteiger partial charge >= 0.3 is 0 Å². The maximum Gasteiger partial charge on any atom is 0.141 e. The summed E-state index contributed by atoms with van der Waals surface area (Å²) in [5, 5.41) is 1.23. The topological polar surface area (TPSA) is 32.3 Å². The van der Waals surface area contributed by atoms with Gasteiger partial charge in [-0.25, -0.2) is 9.97 Å². The molecular weight excluding hydrogens is 388 g/mol. The molecule has 4 nitrogen and oxygen atoms in total. The predicted molar refractivity (Wildman–Crippen MR) is 125 cm³/mol. The van der Waals surface area contributed by atoms with Crippen LogP contribution in [0.4, 0.5) is 5.82 Å². The second-order valence-electron chi connectivity index (χ2n) is 7.91. The van der Waals surface area contributed by atoms with Crippen LogP contribution in [0, 0.1) is 13.8 Å². The monoisotopic (exact) mass is 414 g/mol. The van der Waals surface area contributed by atoms with E-state index in [0.29, 0.717) is 0 Å². The molecule has 3 heterocycles. The molecule has 2 aromatic heterocycles. The van der Waals surface area contributed by atoms with E-state index in [1.165, 1.54) is 27.0 Å². The van der Waals surface area contributed by atoms with Crippen molar-refractivity contribution in [3.8, 4) is 0 Å². The number of anilines is 1. The number of benzene rings is 2. The maximum absolute atomic E-state index is 4.69. The first-order valence-electron chi connectivity index (χ1n) is 10.5. The van der Waals surface area contributed by atoms with Crippen LogP contribution in [0.3, 0.4) is 0 Å². The minimum Gasteiger partial charge on any atom is -0.353 e. The molecule has 5 heteroatoms. The fraction of sp³-hybridized carbons (Fsp3) is 0.280. The van der Waals surface area contributed by atoms with Crippen LogP contribution < -0.4 is 4.90 Å². The molecular formula is C25H26N4S. The van der Waals surface area contributed by atoms with Gasteiger partial charge in [0.25, 0.3) is 0 Å². The van der Waals surface area contributed by atoms with Crippen LogP contribution in [0.15, 0.2) is 67.0 Å². The number of nitrogens with zero attached hydrogens (tertiary/aromatic N) is 4. The predicted octanol–water partition coefficient (Wildman–Crippen LogP) is 5.22. The zero-order chi connectivity index (χ0) is 20.5. The van der Waals surface area contributed by atoms with Crippen LogP contribution >= 0.6 is 11.3 Å². The Labute approximate surface area is 181 Å². The van der Waals surface area contributed by atoms with Crippen molar-refractivity contribution < 1.29 is 0 Å². The van der Waals surface area contributed by atoms with Gasteiger partial charge in [-0.15, -0.1) is 11.3 Å². The van der Waals surface area contributed by atoms with E-state index in [0.717, 1.165) is 36.8 Å². The summed E-state index contributed by atoms with van der Waals surface area (Å²) in [6.07, 6.45) is 1.72. The zero-order valence-corrected chi connectivity index (χ0v) is 18.3. The fourth-order valence-electron chi connectivity index (χ4n) is 4.48. The highest BCUT2D eigenvalue weighted by atomic mass is 32.1. The summed E-state index contributed by atoms with van der Waals surface area (Å²) >= 11 is 1.77. The zero-order valence-electron chi connectivity index (χ0n) is 17.5. The van der Waals surface area contributed by atoms with Gasteiger partial charge in [0.05, 0.1) is 11.4 Å². The third kappa shape index (κ3) is 3.48. The lowest BCUT2D eigenvalue weighted by molar-refractivity contribution is 0.212. The molecule has 30 heavy (non-hydrogen) atoms. The molecule has 0 amide bonds. The van der Waals surface area contributed by atoms with Crippen LogP contribution in [0.2, 0.25) is 0 Å². The molecule has 0 saturated carbocycles. The molecule has 1 fully saturated rings. The van der Waals surface area contributed by atoms with E-state index >= 15 is 0 Å². The third-order valence-corrected chi connectivity index (χ3v) is 7.27. The molecule has 2 aromatic carbocycles. The van der Waals surface area contributed by atoms with Crippen LogP contribution in [0.5, 0.6) is 0 Å². The van der Waals surface area contributed by atoms with Crippen molar-refractivity contribution in [3.63, 3.8) is 0 Å². The van der Waals surface area contributed by atoms with E-state index in [1.54, 1.807) is 17.7 Å². The van der Waals surface area contributed by atoms with Gasteiger partial charge in [-0.05, 0) is 30.5 Å². The Morgan fingerprint density at radius 3 is 2.00 bits per heavy atom. The smallest absolute Gasteiger partial charge is 0.141 e. The lowest BCUT2D eigenvalue weighted by atomic mass is 9.96. The highest BCUT2D eigenvalue weighted by molar-refractivity contribution is 7.18. The van der Waals surface area contributed by atoms with Gasteiger partial charge < -0.3 is 4.90 Å². The van der Waals surface area contributed by atoms with Crippen LogP contribution in [-0.2, 0) is 0 Å². The number of piperazine rings is 1. The third-order valence-electron chi connectivity index (χ3n) is 6.15. The Morgan fingerprint density at radius 2 is 1.40 bits per heavy atom. The quantitative estimate of drug-likeness (QED) is 0.458. The molecule has 0 aliphatic carbocycles. The number of aromatic nitrogens is 2. The first kappa shape index (κ1) is 19.2. The summed E-state index contributed by atoms with van der Waals surface area (Å²) in [7, 11) is 0. The minimum atomic E-state index is 0.282. The number of thiophene rings is 1. The number of hydrogen-bond donors (Lipinski definition) is 0. The molecule has 0 radical (unpaired) electrons. The molecule has 5 rings (SSSR count). The van der Waals surface area contributed by atoms with Gasteiger partial charge in [0.1, 0.15) is 17.0 Å². The molecule has 1 aliphatic heterocycles. The van der Waals surface area contributed by atoms with Crippen molar-refractivity contribution in [1.29, 1.82) is 0 Å². The van der Waals surface area contributed by atoms with Crippen LogP contribution in [0.25, 0.3) is 10.2 Å². The Bertz CT molecular complexity index is 1090. The first-order chi connectivity index (χ1) is 14.7. The minimum absolute atomic E-state index is 0.282. The molecule has 1 aliphatic rings. The molecule has 1 saturated heterocycles. The normalized spacial score (nSPS) is 15.2. The summed E-state index contributed by atoms with van der Waals surface area (Å²) in [4.78, 5) is 16.7. The van der Waals surface area contributed by atoms with Gasteiger partial charge in [-0.3, -0.25) is 4.90 Å². The van der Waals surface area contributed by atoms with Gasteiger partial charge in [-0.2, -0.15) is 0 Å². The Balaban J connectivity index is 1.42. The highest BCUT2D eigenvalue weighted by Gasteiger charge is 2.28. The summed E-state index contributed by atoms with van der Waals surface area (Å²) in [6, 6.07) is 22.0. The molecule has 0 bridgehead atoms. The molecule has 4 aromatic rings. The second kappa shape index (κ2) is 8.17. The number of aryl methyl sites for hydroxylation is 2. The van der Waals surface area contributed by atoms with Gasteiger partial charge in [0.2, 0.25) is 0 Å². The van der Waals surface area contributed by atoms with Crippen molar-refractivity contribution in [2.45, 2.75) is 19.9 Å². The van der Waals surface area contributed by atoms with E-state index in [-0.39, 0.29) is 6.04 Å². The van der Waals surface area contributed by atoms with E-state index < -0.39 is 0 Å². The van der Waals surface area contributed by atoms with Crippen molar-refractivity contribution in [3.05, 3.63) is 88.6 Å². The second-order valence-corrected chi connectivity index (χ2v) is 9.11. The summed E-state index contributed by atoms with van der Waals surface area (Å²) < 4.78 is 0. The van der Waals surface area contributed by atoms with Crippen molar-refractivity contribution >= 4 is 27.4 Å². The molecule has 0 unspecified atom stereocenters. The Hall–Kier alpha value is -2.76. The van der Waals surface area contributed by atoms with Crippen LogP contribution in [-0.4, -0.2) is 41.0 Å². The maximum atomic E-state index is 4.69. The fourth-order valence-corrected chi connectivity index (χ4v) is 5.47. The molecule has 0 atom stereocenters. The molecule has 152 valence electrons. The van der Waals surface area contributed by atoms with Gasteiger partial charge in [0, 0.05) is 31.1 Å². The first-order valence-corrected chi connectivity index (χ1v) is 11.3. The summed E-state index contributed by atoms with van der Waals surface area (Å²) in [6.45, 7) is 8.31. The Kier molecular flexibility index (Phi) is 5.23. The summed E-state index contributed by atoms with van der Waals surface area (Å²) in [5.41, 5.74) is 4.02. The van der Waals surface area contributed by atoms with Gasteiger partial charge in [-0.1, -0.05) is 60.7 Å². The molecule has 0 spiro atoms. The molecule has 0 N–H and O–H groups in total. The lowest BCUT2D eigenvalue weighted by Gasteiger charge is -2.40. The SMILES string of the molecule is Cc1sc2ncnc(N3CCN(C(c4ccccc4)c4ccccc4)CC3)c2c1C. The highest BCUT2D eigenvalue weighted by Crippen LogP contribution is 2.35. The van der Waals surface area contributed by atoms with Crippen molar-refractivity contribution in [2.24, 2.45) is 0 Å². The number of fused-ring (bicyclic) bond motifs is 1. The number of rotatable bonds is 4. The van der Waals surface area contributed by atoms with E-state index in [9.17, 15) is 0 Å². The van der Waals surface area contributed by atoms with E-state index in [4.69, 9.17) is 4.98 Å². The van der Waals surface area contributed by atoms with Crippen molar-refractivity contribution in [2.75, 3.05) is 31.1 Å².